The molecule has 0 bridgehead atoms. The Labute approximate surface area is 109 Å². The van der Waals surface area contributed by atoms with Gasteiger partial charge in [-0.15, -0.1) is 0 Å². The van der Waals surface area contributed by atoms with Gasteiger partial charge in [0.2, 0.25) is 0 Å². The fourth-order valence-electron chi connectivity index (χ4n) is 2.45. The van der Waals surface area contributed by atoms with Crippen molar-refractivity contribution in [2.75, 3.05) is 6.61 Å². The maximum absolute atomic E-state index is 12.0. The molecule has 1 atom stereocenters. The standard InChI is InChI=1S/C15H21NO2/c1-3-18-14(17)15(10-7-11-15)16-12(2)13-8-5-4-6-9-13/h4-6,8-9,12,16H,3,7,10-11H2,1-2H3/t12-/m1/s1. The third kappa shape index (κ3) is 2.56. The topological polar surface area (TPSA) is 38.3 Å². The largest absolute Gasteiger partial charge is 0.465 e. The molecule has 3 nitrogen and oxygen atoms in total. The summed E-state index contributed by atoms with van der Waals surface area (Å²) in [5.74, 6) is -0.0981. The van der Waals surface area contributed by atoms with E-state index in [0.717, 1.165) is 19.3 Å². The van der Waals surface area contributed by atoms with Crippen LogP contribution in [0.3, 0.4) is 0 Å². The molecule has 0 radical (unpaired) electrons. The van der Waals surface area contributed by atoms with E-state index in [9.17, 15) is 4.79 Å². The Morgan fingerprint density at radius 1 is 1.39 bits per heavy atom. The summed E-state index contributed by atoms with van der Waals surface area (Å²) in [4.78, 5) is 12.0. The molecule has 0 amide bonds. The second-order valence-electron chi connectivity index (χ2n) is 4.93. The summed E-state index contributed by atoms with van der Waals surface area (Å²) in [5.41, 5.74) is 0.749. The molecule has 1 aromatic rings. The Bertz CT molecular complexity index is 398. The van der Waals surface area contributed by atoms with Gasteiger partial charge in [0.1, 0.15) is 5.54 Å². The van der Waals surface area contributed by atoms with Gasteiger partial charge in [-0.25, -0.2) is 0 Å². The molecule has 0 aromatic heterocycles. The van der Waals surface area contributed by atoms with E-state index >= 15 is 0 Å². The van der Waals surface area contributed by atoms with Crippen molar-refractivity contribution >= 4 is 5.97 Å². The van der Waals surface area contributed by atoms with Crippen LogP contribution in [0, 0.1) is 0 Å². The van der Waals surface area contributed by atoms with Crippen molar-refractivity contribution in [1.29, 1.82) is 0 Å². The summed E-state index contributed by atoms with van der Waals surface area (Å²) in [7, 11) is 0. The van der Waals surface area contributed by atoms with Crippen molar-refractivity contribution in [2.45, 2.75) is 44.7 Å². The molecule has 2 rings (SSSR count). The van der Waals surface area contributed by atoms with Gasteiger partial charge in [0.05, 0.1) is 6.61 Å². The first-order valence-corrected chi connectivity index (χ1v) is 6.68. The van der Waals surface area contributed by atoms with Gasteiger partial charge in [-0.1, -0.05) is 30.3 Å². The van der Waals surface area contributed by atoms with Crippen molar-refractivity contribution in [3.8, 4) is 0 Å². The molecule has 1 fully saturated rings. The minimum Gasteiger partial charge on any atom is -0.465 e. The van der Waals surface area contributed by atoms with Crippen LogP contribution in [0.1, 0.15) is 44.7 Å². The van der Waals surface area contributed by atoms with Crippen LogP contribution in [0.2, 0.25) is 0 Å². The fraction of sp³-hybridized carbons (Fsp3) is 0.533. The average Bonchev–Trinajstić information content (AvgIpc) is 2.35. The zero-order valence-corrected chi connectivity index (χ0v) is 11.1. The highest BCUT2D eigenvalue weighted by Crippen LogP contribution is 2.35. The third-order valence-corrected chi connectivity index (χ3v) is 3.67. The van der Waals surface area contributed by atoms with Gasteiger partial charge in [0, 0.05) is 6.04 Å². The number of ether oxygens (including phenoxy) is 1. The molecule has 1 aliphatic carbocycles. The first-order chi connectivity index (χ1) is 8.68. The molecule has 0 saturated heterocycles. The van der Waals surface area contributed by atoms with Gasteiger partial charge in [0.25, 0.3) is 0 Å². The number of esters is 1. The molecule has 98 valence electrons. The second kappa shape index (κ2) is 5.53. The van der Waals surface area contributed by atoms with E-state index in [-0.39, 0.29) is 12.0 Å². The monoisotopic (exact) mass is 247 g/mol. The van der Waals surface area contributed by atoms with Gasteiger partial charge in [-0.2, -0.15) is 0 Å². The molecule has 0 spiro atoms. The lowest BCUT2D eigenvalue weighted by Gasteiger charge is -2.42. The maximum atomic E-state index is 12.0. The first kappa shape index (κ1) is 13.1. The van der Waals surface area contributed by atoms with Crippen molar-refractivity contribution < 1.29 is 9.53 Å². The van der Waals surface area contributed by atoms with Crippen molar-refractivity contribution in [1.82, 2.24) is 5.32 Å². The summed E-state index contributed by atoms with van der Waals surface area (Å²) in [6.45, 7) is 4.39. The predicted molar refractivity (Wildman–Crippen MR) is 71.2 cm³/mol. The van der Waals surface area contributed by atoms with Gasteiger partial charge in [-0.05, 0) is 38.7 Å². The van der Waals surface area contributed by atoms with Crippen molar-refractivity contribution in [3.05, 3.63) is 35.9 Å². The number of rotatable bonds is 5. The minimum atomic E-state index is -0.453. The molecular weight excluding hydrogens is 226 g/mol. The molecule has 1 saturated carbocycles. The summed E-state index contributed by atoms with van der Waals surface area (Å²) < 4.78 is 5.18. The minimum absolute atomic E-state index is 0.0981. The van der Waals surface area contributed by atoms with Gasteiger partial charge < -0.3 is 4.74 Å². The number of hydrogen-bond acceptors (Lipinski definition) is 3. The quantitative estimate of drug-likeness (QED) is 0.813. The van der Waals surface area contributed by atoms with Crippen LogP contribution in [0.15, 0.2) is 30.3 Å². The van der Waals surface area contributed by atoms with E-state index in [1.54, 1.807) is 0 Å². The van der Waals surface area contributed by atoms with Gasteiger partial charge >= 0.3 is 5.97 Å². The van der Waals surface area contributed by atoms with Gasteiger partial charge in [-0.3, -0.25) is 10.1 Å². The van der Waals surface area contributed by atoms with Crippen LogP contribution in [0.25, 0.3) is 0 Å². The Morgan fingerprint density at radius 3 is 2.56 bits per heavy atom. The zero-order valence-electron chi connectivity index (χ0n) is 11.1. The molecule has 1 aliphatic rings. The lowest BCUT2D eigenvalue weighted by Crippen LogP contribution is -2.58. The van der Waals surface area contributed by atoms with Crippen LogP contribution >= 0.6 is 0 Å². The SMILES string of the molecule is CCOC(=O)C1(N[C@H](C)c2ccccc2)CCC1. The van der Waals surface area contributed by atoms with E-state index in [2.05, 4.69) is 24.4 Å². The molecule has 1 aromatic carbocycles. The number of hydrogen-bond donors (Lipinski definition) is 1. The molecule has 0 unspecified atom stereocenters. The highest BCUT2D eigenvalue weighted by molar-refractivity contribution is 5.82. The van der Waals surface area contributed by atoms with Crippen LogP contribution in [-0.4, -0.2) is 18.1 Å². The summed E-state index contributed by atoms with van der Waals surface area (Å²) >= 11 is 0. The van der Waals surface area contributed by atoms with E-state index in [1.807, 2.05) is 25.1 Å². The maximum Gasteiger partial charge on any atom is 0.326 e. The molecule has 18 heavy (non-hydrogen) atoms. The predicted octanol–water partition coefficient (Wildman–Crippen LogP) is 2.82. The van der Waals surface area contributed by atoms with Crippen molar-refractivity contribution in [2.24, 2.45) is 0 Å². The van der Waals surface area contributed by atoms with Crippen LogP contribution in [-0.2, 0) is 9.53 Å². The zero-order chi connectivity index (χ0) is 13.0. The van der Waals surface area contributed by atoms with Crippen LogP contribution in [0.4, 0.5) is 0 Å². The summed E-state index contributed by atoms with van der Waals surface area (Å²) in [5, 5.41) is 3.46. The van der Waals surface area contributed by atoms with E-state index < -0.39 is 5.54 Å². The Kier molecular flexibility index (Phi) is 4.02. The second-order valence-corrected chi connectivity index (χ2v) is 4.93. The highest BCUT2D eigenvalue weighted by Gasteiger charge is 2.46. The smallest absolute Gasteiger partial charge is 0.326 e. The average molecular weight is 247 g/mol. The number of carbonyl (C=O) groups is 1. The normalized spacial score (nSPS) is 18.8. The lowest BCUT2D eigenvalue weighted by atomic mass is 9.76. The van der Waals surface area contributed by atoms with Gasteiger partial charge in [0.15, 0.2) is 0 Å². The van der Waals surface area contributed by atoms with Crippen LogP contribution in [0.5, 0.6) is 0 Å². The number of carbonyl (C=O) groups excluding carboxylic acids is 1. The Balaban J connectivity index is 2.04. The third-order valence-electron chi connectivity index (χ3n) is 3.67. The number of benzene rings is 1. The number of nitrogens with one attached hydrogen (secondary N) is 1. The fourth-order valence-corrected chi connectivity index (χ4v) is 2.45. The lowest BCUT2D eigenvalue weighted by molar-refractivity contribution is -0.155. The molecule has 1 N–H and O–H groups in total. The van der Waals surface area contributed by atoms with E-state index in [4.69, 9.17) is 4.74 Å². The van der Waals surface area contributed by atoms with E-state index in [0.29, 0.717) is 6.61 Å². The summed E-state index contributed by atoms with van der Waals surface area (Å²) in [6.07, 6.45) is 2.85. The van der Waals surface area contributed by atoms with Crippen molar-refractivity contribution in [3.63, 3.8) is 0 Å². The van der Waals surface area contributed by atoms with E-state index in [1.165, 1.54) is 5.56 Å². The highest BCUT2D eigenvalue weighted by atomic mass is 16.5. The Hall–Kier alpha value is -1.35. The molecule has 0 aliphatic heterocycles. The molecule has 3 heteroatoms. The molecule has 0 heterocycles. The summed E-state index contributed by atoms with van der Waals surface area (Å²) in [6, 6.07) is 10.4. The van der Waals surface area contributed by atoms with Crippen LogP contribution < -0.4 is 5.32 Å². The first-order valence-electron chi connectivity index (χ1n) is 6.68. The Morgan fingerprint density at radius 2 is 2.06 bits per heavy atom. The molecular formula is C15H21NO2.